The zero-order valence-electron chi connectivity index (χ0n) is 13.5. The van der Waals surface area contributed by atoms with Gasteiger partial charge in [0.1, 0.15) is 0 Å². The Kier molecular flexibility index (Phi) is 5.21. The van der Waals surface area contributed by atoms with E-state index in [0.717, 1.165) is 16.9 Å². The molecule has 22 heavy (non-hydrogen) atoms. The van der Waals surface area contributed by atoms with E-state index < -0.39 is 0 Å². The van der Waals surface area contributed by atoms with Gasteiger partial charge < -0.3 is 10.6 Å². The van der Waals surface area contributed by atoms with Crippen LogP contribution in [0.1, 0.15) is 37.3 Å². The minimum Gasteiger partial charge on any atom is -0.399 e. The van der Waals surface area contributed by atoms with Crippen molar-refractivity contribution >= 4 is 17.3 Å². The van der Waals surface area contributed by atoms with E-state index in [-0.39, 0.29) is 5.91 Å². The number of carbonyl (C=O) groups excluding carboxylic acids is 1. The number of benzene rings is 2. The molecule has 2 aromatic carbocycles. The van der Waals surface area contributed by atoms with Gasteiger partial charge >= 0.3 is 0 Å². The summed E-state index contributed by atoms with van der Waals surface area (Å²) in [7, 11) is 1.82. The van der Waals surface area contributed by atoms with Gasteiger partial charge in [-0.3, -0.25) is 4.79 Å². The number of nitrogens with two attached hydrogens (primary N) is 1. The maximum absolute atomic E-state index is 12.3. The number of nitrogen functional groups attached to an aromatic ring is 1. The lowest BCUT2D eigenvalue weighted by atomic mass is 10.0. The molecule has 0 aromatic heterocycles. The molecular weight excluding hydrogens is 272 g/mol. The van der Waals surface area contributed by atoms with Crippen molar-refractivity contribution in [2.24, 2.45) is 0 Å². The molecule has 2 N–H and O–H groups in total. The van der Waals surface area contributed by atoms with Gasteiger partial charge in [-0.05, 0) is 41.7 Å². The van der Waals surface area contributed by atoms with Gasteiger partial charge in [0.2, 0.25) is 5.91 Å². The van der Waals surface area contributed by atoms with E-state index in [1.807, 2.05) is 43.4 Å². The van der Waals surface area contributed by atoms with Crippen LogP contribution in [0.5, 0.6) is 0 Å². The average Bonchev–Trinajstić information content (AvgIpc) is 2.53. The molecule has 0 unspecified atom stereocenters. The zero-order chi connectivity index (χ0) is 16.1. The van der Waals surface area contributed by atoms with Crippen LogP contribution in [0.15, 0.2) is 48.5 Å². The quantitative estimate of drug-likeness (QED) is 0.848. The highest BCUT2D eigenvalue weighted by Crippen LogP contribution is 2.20. The van der Waals surface area contributed by atoms with Crippen molar-refractivity contribution in [1.82, 2.24) is 0 Å². The summed E-state index contributed by atoms with van der Waals surface area (Å²) < 4.78 is 0. The van der Waals surface area contributed by atoms with Crippen LogP contribution < -0.4 is 10.6 Å². The summed E-state index contributed by atoms with van der Waals surface area (Å²) in [5, 5.41) is 0. The number of rotatable bonds is 5. The third-order valence-electron chi connectivity index (χ3n) is 3.98. The van der Waals surface area contributed by atoms with Crippen LogP contribution in [0, 0.1) is 0 Å². The maximum atomic E-state index is 12.3. The summed E-state index contributed by atoms with van der Waals surface area (Å²) in [5.41, 5.74) is 9.90. The standard InChI is InChI=1S/C19H24N2O/c1-14(2)15-8-11-17(12-9-15)21(3)19(22)13-10-16-6-4-5-7-18(16)20/h4-9,11-12,14H,10,13,20H2,1-3H3. The molecule has 0 aliphatic carbocycles. The fourth-order valence-electron chi connectivity index (χ4n) is 2.40. The minimum atomic E-state index is 0.0977. The topological polar surface area (TPSA) is 46.3 Å². The van der Waals surface area contributed by atoms with E-state index in [1.165, 1.54) is 5.56 Å². The second-order valence-corrected chi connectivity index (χ2v) is 5.90. The Bertz CT molecular complexity index is 632. The van der Waals surface area contributed by atoms with Crippen molar-refractivity contribution in [3.05, 3.63) is 59.7 Å². The SMILES string of the molecule is CC(C)c1ccc(N(C)C(=O)CCc2ccccc2N)cc1. The molecule has 0 aliphatic rings. The van der Waals surface area contributed by atoms with Gasteiger partial charge in [-0.25, -0.2) is 0 Å². The lowest BCUT2D eigenvalue weighted by Crippen LogP contribution is -2.26. The van der Waals surface area contributed by atoms with E-state index in [2.05, 4.69) is 26.0 Å². The molecule has 0 fully saturated rings. The number of hydrogen-bond acceptors (Lipinski definition) is 2. The first-order valence-corrected chi connectivity index (χ1v) is 7.69. The Balaban J connectivity index is 1.98. The first kappa shape index (κ1) is 16.1. The van der Waals surface area contributed by atoms with Gasteiger partial charge in [0, 0.05) is 24.8 Å². The van der Waals surface area contributed by atoms with Gasteiger partial charge in [0.05, 0.1) is 0 Å². The van der Waals surface area contributed by atoms with Crippen LogP contribution in [-0.2, 0) is 11.2 Å². The molecule has 0 atom stereocenters. The van der Waals surface area contributed by atoms with Crippen LogP contribution in [0.25, 0.3) is 0 Å². The summed E-state index contributed by atoms with van der Waals surface area (Å²) in [5.74, 6) is 0.594. The van der Waals surface area contributed by atoms with Crippen LogP contribution in [-0.4, -0.2) is 13.0 Å². The van der Waals surface area contributed by atoms with E-state index in [1.54, 1.807) is 4.90 Å². The average molecular weight is 296 g/mol. The molecule has 0 saturated carbocycles. The molecule has 0 heterocycles. The Morgan fingerprint density at radius 1 is 1.09 bits per heavy atom. The Morgan fingerprint density at radius 3 is 2.32 bits per heavy atom. The minimum absolute atomic E-state index is 0.0977. The molecule has 116 valence electrons. The zero-order valence-corrected chi connectivity index (χ0v) is 13.5. The normalized spacial score (nSPS) is 10.7. The summed E-state index contributed by atoms with van der Waals surface area (Å²) in [6.45, 7) is 4.32. The lowest BCUT2D eigenvalue weighted by Gasteiger charge is -2.18. The molecule has 0 bridgehead atoms. The summed E-state index contributed by atoms with van der Waals surface area (Å²) in [4.78, 5) is 14.0. The first-order valence-electron chi connectivity index (χ1n) is 7.69. The number of hydrogen-bond donors (Lipinski definition) is 1. The van der Waals surface area contributed by atoms with Crippen LogP contribution in [0.2, 0.25) is 0 Å². The van der Waals surface area contributed by atoms with Gasteiger partial charge in [-0.1, -0.05) is 44.2 Å². The molecular formula is C19H24N2O. The number of para-hydroxylation sites is 1. The number of aryl methyl sites for hydroxylation is 1. The van der Waals surface area contributed by atoms with E-state index in [9.17, 15) is 4.79 Å². The number of carbonyl (C=O) groups is 1. The lowest BCUT2D eigenvalue weighted by molar-refractivity contribution is -0.118. The Morgan fingerprint density at radius 2 is 1.73 bits per heavy atom. The predicted octanol–water partition coefficient (Wildman–Crippen LogP) is 3.99. The van der Waals surface area contributed by atoms with E-state index in [4.69, 9.17) is 5.73 Å². The summed E-state index contributed by atoms with van der Waals surface area (Å²) in [6.07, 6.45) is 1.12. The smallest absolute Gasteiger partial charge is 0.227 e. The molecule has 3 nitrogen and oxygen atoms in total. The Hall–Kier alpha value is -2.29. The second kappa shape index (κ2) is 7.12. The monoisotopic (exact) mass is 296 g/mol. The predicted molar refractivity (Wildman–Crippen MR) is 93.1 cm³/mol. The molecule has 0 spiro atoms. The highest BCUT2D eigenvalue weighted by molar-refractivity contribution is 5.93. The van der Waals surface area contributed by atoms with Gasteiger partial charge in [-0.15, -0.1) is 0 Å². The van der Waals surface area contributed by atoms with Crippen molar-refractivity contribution < 1.29 is 4.79 Å². The molecule has 0 radical (unpaired) electrons. The highest BCUT2D eigenvalue weighted by atomic mass is 16.2. The highest BCUT2D eigenvalue weighted by Gasteiger charge is 2.12. The molecule has 0 saturated heterocycles. The fraction of sp³-hybridized carbons (Fsp3) is 0.316. The van der Waals surface area contributed by atoms with Crippen molar-refractivity contribution in [1.29, 1.82) is 0 Å². The molecule has 2 aromatic rings. The largest absolute Gasteiger partial charge is 0.399 e. The number of nitrogens with zero attached hydrogens (tertiary/aromatic N) is 1. The number of anilines is 2. The van der Waals surface area contributed by atoms with Crippen molar-refractivity contribution in [2.45, 2.75) is 32.6 Å². The van der Waals surface area contributed by atoms with E-state index >= 15 is 0 Å². The van der Waals surface area contributed by atoms with Gasteiger partial charge in [0.25, 0.3) is 0 Å². The Labute approximate surface area is 132 Å². The van der Waals surface area contributed by atoms with Gasteiger partial charge in [-0.2, -0.15) is 0 Å². The molecule has 1 amide bonds. The third kappa shape index (κ3) is 3.88. The van der Waals surface area contributed by atoms with Crippen LogP contribution in [0.4, 0.5) is 11.4 Å². The molecule has 2 rings (SSSR count). The van der Waals surface area contributed by atoms with Crippen LogP contribution >= 0.6 is 0 Å². The number of amides is 1. The van der Waals surface area contributed by atoms with Crippen molar-refractivity contribution in [3.8, 4) is 0 Å². The third-order valence-corrected chi connectivity index (χ3v) is 3.98. The van der Waals surface area contributed by atoms with Crippen molar-refractivity contribution in [3.63, 3.8) is 0 Å². The van der Waals surface area contributed by atoms with Crippen LogP contribution in [0.3, 0.4) is 0 Å². The first-order chi connectivity index (χ1) is 10.5. The molecule has 0 aliphatic heterocycles. The molecule has 3 heteroatoms. The summed E-state index contributed by atoms with van der Waals surface area (Å²) in [6, 6.07) is 15.9. The fourth-order valence-corrected chi connectivity index (χ4v) is 2.40. The van der Waals surface area contributed by atoms with Crippen molar-refractivity contribution in [2.75, 3.05) is 17.7 Å². The summed E-state index contributed by atoms with van der Waals surface area (Å²) >= 11 is 0. The second-order valence-electron chi connectivity index (χ2n) is 5.90. The maximum Gasteiger partial charge on any atom is 0.227 e. The van der Waals surface area contributed by atoms with E-state index in [0.29, 0.717) is 18.8 Å². The van der Waals surface area contributed by atoms with Gasteiger partial charge in [0.15, 0.2) is 0 Å².